The molecule has 0 aliphatic carbocycles. The van der Waals surface area contributed by atoms with E-state index in [4.69, 9.17) is 4.74 Å². The number of amides is 1. The Morgan fingerprint density at radius 1 is 1.28 bits per heavy atom. The fraction of sp³-hybridized carbons (Fsp3) is 0.435. The number of sulfonamides is 1. The van der Waals surface area contributed by atoms with E-state index in [1.165, 1.54) is 16.4 Å². The van der Waals surface area contributed by atoms with Gasteiger partial charge in [0.2, 0.25) is 15.9 Å². The third-order valence-electron chi connectivity index (χ3n) is 5.94. The molecule has 1 aromatic heterocycles. The summed E-state index contributed by atoms with van der Waals surface area (Å²) in [5, 5.41) is 9.25. The van der Waals surface area contributed by atoms with Crippen molar-refractivity contribution >= 4 is 15.9 Å². The monoisotopic (exact) mass is 456 g/mol. The number of benzene rings is 1. The molecule has 1 saturated heterocycles. The predicted molar refractivity (Wildman–Crippen MR) is 119 cm³/mol. The van der Waals surface area contributed by atoms with E-state index in [1.807, 2.05) is 19.9 Å². The van der Waals surface area contributed by atoms with Crippen molar-refractivity contribution in [1.29, 1.82) is 5.26 Å². The van der Waals surface area contributed by atoms with Crippen LogP contribution < -0.4 is 4.74 Å². The van der Waals surface area contributed by atoms with E-state index in [0.717, 1.165) is 22.6 Å². The van der Waals surface area contributed by atoms with Gasteiger partial charge in [0.15, 0.2) is 0 Å². The molecule has 1 aliphatic heterocycles. The molecule has 0 saturated carbocycles. The quantitative estimate of drug-likeness (QED) is 0.662. The van der Waals surface area contributed by atoms with Gasteiger partial charge in [0.05, 0.1) is 29.8 Å². The van der Waals surface area contributed by atoms with E-state index in [2.05, 4.69) is 4.98 Å². The molecule has 1 aromatic carbocycles. The molecule has 1 fully saturated rings. The van der Waals surface area contributed by atoms with Crippen LogP contribution in [0.5, 0.6) is 5.75 Å². The standard InChI is InChI=1S/C23H28N4O4S/c1-16-14-25-20(17(2)22(16)31-4)15-26(3)23(28)18-9-11-27(12-10-18)32(29,30)21-8-6-5-7-19(21)13-24/h5-8,14,18H,9-12,15H2,1-4H3. The molecule has 8 nitrogen and oxygen atoms in total. The van der Waals surface area contributed by atoms with Gasteiger partial charge < -0.3 is 9.64 Å². The highest BCUT2D eigenvalue weighted by atomic mass is 32.2. The Hall–Kier alpha value is -2.96. The molecular weight excluding hydrogens is 428 g/mol. The van der Waals surface area contributed by atoms with Gasteiger partial charge in [-0.3, -0.25) is 9.78 Å². The first-order valence-electron chi connectivity index (χ1n) is 10.4. The molecule has 0 unspecified atom stereocenters. The highest BCUT2D eigenvalue weighted by Crippen LogP contribution is 2.28. The maximum absolute atomic E-state index is 13.0. The molecule has 0 atom stereocenters. The lowest BCUT2D eigenvalue weighted by atomic mass is 9.96. The number of methoxy groups -OCH3 is 1. The molecule has 1 amide bonds. The highest BCUT2D eigenvalue weighted by molar-refractivity contribution is 7.89. The Morgan fingerprint density at radius 3 is 2.56 bits per heavy atom. The first-order chi connectivity index (χ1) is 15.2. The predicted octanol–water partition coefficient (Wildman–Crippen LogP) is 2.64. The Balaban J connectivity index is 1.66. The van der Waals surface area contributed by atoms with Gasteiger partial charge in [-0.1, -0.05) is 12.1 Å². The van der Waals surface area contributed by atoms with Crippen LogP contribution in [0.25, 0.3) is 0 Å². The first kappa shape index (κ1) is 23.7. The number of carbonyl (C=O) groups excluding carboxylic acids is 1. The molecule has 1 aliphatic rings. The molecule has 0 spiro atoms. The van der Waals surface area contributed by atoms with E-state index < -0.39 is 10.0 Å². The van der Waals surface area contributed by atoms with Crippen molar-refractivity contribution in [2.24, 2.45) is 5.92 Å². The zero-order valence-corrected chi connectivity index (χ0v) is 19.6. The topological polar surface area (TPSA) is 104 Å². The molecule has 2 aromatic rings. The van der Waals surface area contributed by atoms with Crippen LogP contribution >= 0.6 is 0 Å². The van der Waals surface area contributed by atoms with Gasteiger partial charge in [0.25, 0.3) is 0 Å². The molecular formula is C23H28N4O4S. The maximum atomic E-state index is 13.0. The lowest BCUT2D eigenvalue weighted by molar-refractivity contribution is -0.136. The number of hydrogen-bond donors (Lipinski definition) is 0. The zero-order valence-electron chi connectivity index (χ0n) is 18.8. The Morgan fingerprint density at radius 2 is 1.94 bits per heavy atom. The van der Waals surface area contributed by atoms with Gasteiger partial charge in [-0.2, -0.15) is 9.57 Å². The lowest BCUT2D eigenvalue weighted by Crippen LogP contribution is -2.43. The molecule has 2 heterocycles. The van der Waals surface area contributed by atoms with E-state index in [1.54, 1.807) is 37.4 Å². The minimum Gasteiger partial charge on any atom is -0.496 e. The summed E-state index contributed by atoms with van der Waals surface area (Å²) in [6, 6.07) is 8.13. The minimum atomic E-state index is -3.78. The fourth-order valence-electron chi connectivity index (χ4n) is 4.11. The van der Waals surface area contributed by atoms with Gasteiger partial charge in [-0.05, 0) is 38.8 Å². The summed E-state index contributed by atoms with van der Waals surface area (Å²) in [5.74, 6) is 0.484. The van der Waals surface area contributed by atoms with Crippen molar-refractivity contribution in [1.82, 2.24) is 14.2 Å². The summed E-state index contributed by atoms with van der Waals surface area (Å²) < 4.78 is 32.8. The number of nitriles is 1. The normalized spacial score (nSPS) is 15.2. The summed E-state index contributed by atoms with van der Waals surface area (Å²) in [7, 11) is -0.424. The summed E-state index contributed by atoms with van der Waals surface area (Å²) in [5.41, 5.74) is 2.75. The highest BCUT2D eigenvalue weighted by Gasteiger charge is 2.34. The third kappa shape index (κ3) is 4.61. The van der Waals surface area contributed by atoms with Crippen molar-refractivity contribution in [3.63, 3.8) is 0 Å². The fourth-order valence-corrected chi connectivity index (χ4v) is 5.72. The SMILES string of the molecule is COc1c(C)cnc(CN(C)C(=O)C2CCN(S(=O)(=O)c3ccccc3C#N)CC2)c1C. The summed E-state index contributed by atoms with van der Waals surface area (Å²) in [4.78, 5) is 19.1. The van der Waals surface area contributed by atoms with Crippen molar-refractivity contribution in [3.05, 3.63) is 52.8 Å². The zero-order chi connectivity index (χ0) is 23.5. The van der Waals surface area contributed by atoms with Crippen molar-refractivity contribution in [2.45, 2.75) is 38.1 Å². The maximum Gasteiger partial charge on any atom is 0.244 e. The van der Waals surface area contributed by atoms with Crippen LogP contribution in [0.2, 0.25) is 0 Å². The van der Waals surface area contributed by atoms with Crippen LogP contribution in [0.4, 0.5) is 0 Å². The van der Waals surface area contributed by atoms with Crippen molar-refractivity contribution in [3.8, 4) is 11.8 Å². The second-order valence-electron chi connectivity index (χ2n) is 8.03. The van der Waals surface area contributed by atoms with Gasteiger partial charge in [0.1, 0.15) is 11.8 Å². The first-order valence-corrected chi connectivity index (χ1v) is 11.9. The molecule has 0 bridgehead atoms. The lowest BCUT2D eigenvalue weighted by Gasteiger charge is -2.32. The molecule has 0 radical (unpaired) electrons. The van der Waals surface area contributed by atoms with Crippen LogP contribution in [0.3, 0.4) is 0 Å². The van der Waals surface area contributed by atoms with Crippen LogP contribution in [0, 0.1) is 31.1 Å². The van der Waals surface area contributed by atoms with Gasteiger partial charge in [0, 0.05) is 43.4 Å². The number of pyridine rings is 1. The minimum absolute atomic E-state index is 0.0132. The molecule has 32 heavy (non-hydrogen) atoms. The molecule has 9 heteroatoms. The van der Waals surface area contributed by atoms with Crippen LogP contribution in [-0.2, 0) is 21.4 Å². The number of ether oxygens (including phenoxy) is 1. The number of nitrogens with zero attached hydrogens (tertiary/aromatic N) is 4. The van der Waals surface area contributed by atoms with Gasteiger partial charge >= 0.3 is 0 Å². The average molecular weight is 457 g/mol. The number of carbonyl (C=O) groups is 1. The summed E-state index contributed by atoms with van der Waals surface area (Å²) >= 11 is 0. The van der Waals surface area contributed by atoms with Crippen LogP contribution in [-0.4, -0.2) is 55.8 Å². The Labute approximate surface area is 189 Å². The average Bonchev–Trinajstić information content (AvgIpc) is 2.80. The van der Waals surface area contributed by atoms with E-state index in [0.29, 0.717) is 19.4 Å². The second kappa shape index (κ2) is 9.67. The molecule has 170 valence electrons. The Bertz CT molecular complexity index is 1150. The number of aromatic nitrogens is 1. The van der Waals surface area contributed by atoms with Gasteiger partial charge in [-0.25, -0.2) is 8.42 Å². The number of aryl methyl sites for hydroxylation is 1. The second-order valence-corrected chi connectivity index (χ2v) is 9.93. The smallest absolute Gasteiger partial charge is 0.244 e. The van der Waals surface area contributed by atoms with Crippen LogP contribution in [0.1, 0.15) is 35.2 Å². The number of piperidine rings is 1. The van der Waals surface area contributed by atoms with E-state index >= 15 is 0 Å². The van der Waals surface area contributed by atoms with E-state index in [-0.39, 0.29) is 35.4 Å². The molecule has 0 N–H and O–H groups in total. The number of hydrogen-bond acceptors (Lipinski definition) is 6. The summed E-state index contributed by atoms with van der Waals surface area (Å²) in [6.07, 6.45) is 2.60. The summed E-state index contributed by atoms with van der Waals surface area (Å²) in [6.45, 7) is 4.68. The Kier molecular flexibility index (Phi) is 7.16. The van der Waals surface area contributed by atoms with Crippen molar-refractivity contribution < 1.29 is 17.9 Å². The largest absolute Gasteiger partial charge is 0.496 e. The third-order valence-corrected chi connectivity index (χ3v) is 7.90. The van der Waals surface area contributed by atoms with Crippen LogP contribution in [0.15, 0.2) is 35.4 Å². The van der Waals surface area contributed by atoms with Crippen molar-refractivity contribution in [2.75, 3.05) is 27.2 Å². The van der Waals surface area contributed by atoms with E-state index in [9.17, 15) is 18.5 Å². The number of rotatable bonds is 6. The molecule has 3 rings (SSSR count). The van der Waals surface area contributed by atoms with Gasteiger partial charge in [-0.15, -0.1) is 0 Å².